The number of hydrogen-bond acceptors (Lipinski definition) is 4. The lowest BCUT2D eigenvalue weighted by molar-refractivity contribution is 0.0576. The van der Waals surface area contributed by atoms with Crippen LogP contribution in [-0.2, 0) is 11.3 Å². The Kier molecular flexibility index (Phi) is 3.89. The summed E-state index contributed by atoms with van der Waals surface area (Å²) in [6, 6.07) is 6.02. The van der Waals surface area contributed by atoms with Crippen molar-refractivity contribution in [3.8, 4) is 0 Å². The Morgan fingerprint density at radius 3 is 3.15 bits per heavy atom. The average molecular weight is 274 g/mol. The van der Waals surface area contributed by atoms with E-state index in [0.717, 1.165) is 43.3 Å². The van der Waals surface area contributed by atoms with E-state index in [-0.39, 0.29) is 0 Å². The maximum absolute atomic E-state index is 5.92. The van der Waals surface area contributed by atoms with Crippen molar-refractivity contribution in [2.45, 2.75) is 19.4 Å². The van der Waals surface area contributed by atoms with Crippen molar-refractivity contribution in [1.82, 2.24) is 9.38 Å². The Bertz CT molecular complexity index is 574. The number of nitrogens with two attached hydrogens (primary N) is 1. The Morgan fingerprint density at radius 2 is 2.40 bits per heavy atom. The van der Waals surface area contributed by atoms with Gasteiger partial charge in [0.15, 0.2) is 5.82 Å². The topological polar surface area (TPSA) is 55.8 Å². The molecule has 2 aromatic rings. The van der Waals surface area contributed by atoms with Gasteiger partial charge >= 0.3 is 0 Å². The van der Waals surface area contributed by atoms with E-state index in [1.165, 1.54) is 6.42 Å². The third-order valence-corrected chi connectivity index (χ3v) is 3.95. The van der Waals surface area contributed by atoms with E-state index in [0.29, 0.717) is 12.5 Å². The lowest BCUT2D eigenvalue weighted by atomic mass is 10.0. The van der Waals surface area contributed by atoms with Gasteiger partial charge < -0.3 is 19.8 Å². The van der Waals surface area contributed by atoms with Crippen molar-refractivity contribution >= 4 is 11.5 Å². The zero-order valence-electron chi connectivity index (χ0n) is 12.0. The van der Waals surface area contributed by atoms with Gasteiger partial charge in [0.05, 0.1) is 12.3 Å². The number of fused-ring (bicyclic) bond motifs is 1. The third-order valence-electron chi connectivity index (χ3n) is 3.95. The molecule has 1 atom stereocenters. The summed E-state index contributed by atoms with van der Waals surface area (Å²) in [6.07, 6.45) is 4.41. The first-order valence-electron chi connectivity index (χ1n) is 7.24. The summed E-state index contributed by atoms with van der Waals surface area (Å²) in [4.78, 5) is 6.93. The zero-order valence-corrected chi connectivity index (χ0v) is 12.0. The first-order chi connectivity index (χ1) is 9.79. The van der Waals surface area contributed by atoms with Crippen LogP contribution in [0.15, 0.2) is 24.4 Å². The zero-order chi connectivity index (χ0) is 13.9. The summed E-state index contributed by atoms with van der Waals surface area (Å²) in [5.41, 5.74) is 7.94. The van der Waals surface area contributed by atoms with Gasteiger partial charge in [-0.1, -0.05) is 6.07 Å². The molecule has 20 heavy (non-hydrogen) atoms. The van der Waals surface area contributed by atoms with Crippen molar-refractivity contribution < 1.29 is 4.74 Å². The predicted molar refractivity (Wildman–Crippen MR) is 79.9 cm³/mol. The minimum atomic E-state index is 0.492. The maximum Gasteiger partial charge on any atom is 0.152 e. The highest BCUT2D eigenvalue weighted by molar-refractivity contribution is 5.55. The lowest BCUT2D eigenvalue weighted by Gasteiger charge is -2.27. The van der Waals surface area contributed by atoms with Crippen LogP contribution in [0.4, 0.5) is 5.82 Å². The Balaban J connectivity index is 1.84. The molecule has 1 saturated heterocycles. The second-order valence-corrected chi connectivity index (χ2v) is 5.48. The molecule has 5 nitrogen and oxygen atoms in total. The molecule has 3 heterocycles. The summed E-state index contributed by atoms with van der Waals surface area (Å²) in [6.45, 7) is 3.22. The molecule has 1 aliphatic rings. The molecule has 0 radical (unpaired) electrons. The molecule has 3 rings (SSSR count). The molecule has 0 amide bonds. The van der Waals surface area contributed by atoms with Crippen LogP contribution in [0.3, 0.4) is 0 Å². The fourth-order valence-electron chi connectivity index (χ4n) is 2.95. The van der Waals surface area contributed by atoms with Crippen LogP contribution >= 0.6 is 0 Å². The molecule has 1 aliphatic heterocycles. The molecule has 2 aromatic heterocycles. The summed E-state index contributed by atoms with van der Waals surface area (Å²) in [5.74, 6) is 1.58. The number of aromatic nitrogens is 2. The van der Waals surface area contributed by atoms with Crippen LogP contribution in [-0.4, -0.2) is 36.2 Å². The highest BCUT2D eigenvalue weighted by Crippen LogP contribution is 2.23. The van der Waals surface area contributed by atoms with Crippen molar-refractivity contribution in [1.29, 1.82) is 0 Å². The number of nitrogens with zero attached hydrogens (tertiary/aromatic N) is 3. The minimum absolute atomic E-state index is 0.492. The van der Waals surface area contributed by atoms with Gasteiger partial charge in [0.1, 0.15) is 5.65 Å². The summed E-state index contributed by atoms with van der Waals surface area (Å²) < 4.78 is 7.63. The SMILES string of the molecule is CN(CC1CCCOC1)c1nc2ccccn2c1CN. The molecular weight excluding hydrogens is 252 g/mol. The Hall–Kier alpha value is -1.59. The van der Waals surface area contributed by atoms with E-state index in [2.05, 4.69) is 16.3 Å². The molecule has 2 N–H and O–H groups in total. The van der Waals surface area contributed by atoms with Crippen LogP contribution in [0.5, 0.6) is 0 Å². The molecule has 0 aliphatic carbocycles. The normalized spacial score (nSPS) is 19.4. The molecule has 0 aromatic carbocycles. The van der Waals surface area contributed by atoms with Gasteiger partial charge in [0, 0.05) is 32.9 Å². The quantitative estimate of drug-likeness (QED) is 0.921. The monoisotopic (exact) mass is 274 g/mol. The molecule has 0 bridgehead atoms. The lowest BCUT2D eigenvalue weighted by Crippen LogP contribution is -2.31. The standard InChI is InChI=1S/C15H22N4O/c1-18(10-12-5-4-8-20-11-12)15-13(9-16)19-7-3-2-6-14(19)17-15/h2-3,6-7,12H,4-5,8-11,16H2,1H3. The van der Waals surface area contributed by atoms with Crippen LogP contribution < -0.4 is 10.6 Å². The van der Waals surface area contributed by atoms with E-state index < -0.39 is 0 Å². The number of anilines is 1. The molecule has 5 heteroatoms. The fraction of sp³-hybridized carbons (Fsp3) is 0.533. The second kappa shape index (κ2) is 5.81. The molecule has 1 unspecified atom stereocenters. The second-order valence-electron chi connectivity index (χ2n) is 5.48. The van der Waals surface area contributed by atoms with Gasteiger partial charge in [-0.15, -0.1) is 0 Å². The number of pyridine rings is 1. The number of ether oxygens (including phenoxy) is 1. The summed E-state index contributed by atoms with van der Waals surface area (Å²) in [7, 11) is 2.09. The van der Waals surface area contributed by atoms with Gasteiger partial charge in [-0.25, -0.2) is 4.98 Å². The molecule has 108 valence electrons. The number of imidazole rings is 1. The highest BCUT2D eigenvalue weighted by atomic mass is 16.5. The number of rotatable bonds is 4. The van der Waals surface area contributed by atoms with E-state index >= 15 is 0 Å². The molecular formula is C15H22N4O. The third kappa shape index (κ3) is 2.51. The molecule has 0 spiro atoms. The van der Waals surface area contributed by atoms with E-state index in [9.17, 15) is 0 Å². The summed E-state index contributed by atoms with van der Waals surface area (Å²) >= 11 is 0. The predicted octanol–water partition coefficient (Wildman–Crippen LogP) is 1.66. The van der Waals surface area contributed by atoms with Crippen LogP contribution in [0.25, 0.3) is 5.65 Å². The van der Waals surface area contributed by atoms with E-state index in [4.69, 9.17) is 15.5 Å². The van der Waals surface area contributed by atoms with Gasteiger partial charge in [-0.3, -0.25) is 0 Å². The molecule has 1 fully saturated rings. The maximum atomic E-state index is 5.92. The van der Waals surface area contributed by atoms with Gasteiger partial charge in [0.2, 0.25) is 0 Å². The van der Waals surface area contributed by atoms with Gasteiger partial charge in [-0.05, 0) is 30.9 Å². The van der Waals surface area contributed by atoms with E-state index in [1.807, 2.05) is 24.4 Å². The Labute approximate surface area is 119 Å². The average Bonchev–Trinajstić information content (AvgIpc) is 2.87. The van der Waals surface area contributed by atoms with E-state index in [1.54, 1.807) is 0 Å². The summed E-state index contributed by atoms with van der Waals surface area (Å²) in [5, 5.41) is 0. The van der Waals surface area contributed by atoms with Gasteiger partial charge in [0.25, 0.3) is 0 Å². The Morgan fingerprint density at radius 1 is 1.50 bits per heavy atom. The van der Waals surface area contributed by atoms with Crippen LogP contribution in [0.1, 0.15) is 18.5 Å². The fourth-order valence-corrected chi connectivity index (χ4v) is 2.95. The smallest absolute Gasteiger partial charge is 0.152 e. The first-order valence-corrected chi connectivity index (χ1v) is 7.24. The van der Waals surface area contributed by atoms with Crippen LogP contribution in [0, 0.1) is 5.92 Å². The largest absolute Gasteiger partial charge is 0.381 e. The highest BCUT2D eigenvalue weighted by Gasteiger charge is 2.20. The van der Waals surface area contributed by atoms with Crippen molar-refractivity contribution in [3.63, 3.8) is 0 Å². The van der Waals surface area contributed by atoms with Crippen molar-refractivity contribution in [2.24, 2.45) is 11.7 Å². The minimum Gasteiger partial charge on any atom is -0.381 e. The number of hydrogen-bond donors (Lipinski definition) is 1. The van der Waals surface area contributed by atoms with Crippen molar-refractivity contribution in [2.75, 3.05) is 31.7 Å². The van der Waals surface area contributed by atoms with Crippen molar-refractivity contribution in [3.05, 3.63) is 30.1 Å². The van der Waals surface area contributed by atoms with Crippen LogP contribution in [0.2, 0.25) is 0 Å². The first kappa shape index (κ1) is 13.4. The van der Waals surface area contributed by atoms with Gasteiger partial charge in [-0.2, -0.15) is 0 Å². The molecule has 0 saturated carbocycles.